The molecule has 2 rings (SSSR count). The number of benzene rings is 2. The number of aliphatic hydroxyl groups is 1. The molecular formula is C17H20O3S. The smallest absolute Gasteiger partial charge is 0.206 e. The van der Waals surface area contributed by atoms with Crippen molar-refractivity contribution in [3.63, 3.8) is 0 Å². The molecule has 21 heavy (non-hydrogen) atoms. The Bertz CT molecular complexity index is 723. The molecule has 0 bridgehead atoms. The molecule has 0 saturated carbocycles. The van der Waals surface area contributed by atoms with Crippen LogP contribution in [0.1, 0.15) is 31.9 Å². The molecule has 0 aliphatic carbocycles. The lowest BCUT2D eigenvalue weighted by atomic mass is 9.99. The van der Waals surface area contributed by atoms with Crippen molar-refractivity contribution in [1.29, 1.82) is 0 Å². The molecule has 0 radical (unpaired) electrons. The van der Waals surface area contributed by atoms with Gasteiger partial charge in [-0.25, -0.2) is 8.42 Å². The van der Waals surface area contributed by atoms with Crippen LogP contribution in [0.3, 0.4) is 0 Å². The zero-order valence-electron chi connectivity index (χ0n) is 12.5. The van der Waals surface area contributed by atoms with Crippen LogP contribution in [-0.2, 0) is 21.9 Å². The van der Waals surface area contributed by atoms with E-state index in [0.717, 1.165) is 5.56 Å². The summed E-state index contributed by atoms with van der Waals surface area (Å²) < 4.78 is 25.4. The number of hydrogen-bond acceptors (Lipinski definition) is 3. The van der Waals surface area contributed by atoms with Crippen LogP contribution in [0.25, 0.3) is 0 Å². The molecule has 0 atom stereocenters. The van der Waals surface area contributed by atoms with E-state index < -0.39 is 15.4 Å². The maximum Gasteiger partial charge on any atom is 0.206 e. The summed E-state index contributed by atoms with van der Waals surface area (Å²) in [5.74, 6) is 0. The van der Waals surface area contributed by atoms with Crippen molar-refractivity contribution >= 4 is 9.84 Å². The highest BCUT2D eigenvalue weighted by Gasteiger charge is 2.22. The first-order valence-corrected chi connectivity index (χ1v) is 8.41. The van der Waals surface area contributed by atoms with Gasteiger partial charge < -0.3 is 5.11 Å². The van der Waals surface area contributed by atoms with Gasteiger partial charge in [-0.2, -0.15) is 0 Å². The molecule has 0 fully saturated rings. The Balaban J connectivity index is 2.50. The maximum atomic E-state index is 12.7. The molecule has 2 aromatic rings. The highest BCUT2D eigenvalue weighted by molar-refractivity contribution is 7.91. The van der Waals surface area contributed by atoms with Gasteiger partial charge in [0.15, 0.2) is 0 Å². The first kappa shape index (κ1) is 15.7. The summed E-state index contributed by atoms with van der Waals surface area (Å²) in [5.41, 5.74) is 0.512. The Morgan fingerprint density at radius 3 is 2.10 bits per heavy atom. The third-order valence-corrected chi connectivity index (χ3v) is 5.38. The van der Waals surface area contributed by atoms with Gasteiger partial charge in [0.05, 0.1) is 15.4 Å². The summed E-state index contributed by atoms with van der Waals surface area (Å²) in [6, 6.07) is 13.5. The van der Waals surface area contributed by atoms with Gasteiger partial charge in [0.25, 0.3) is 0 Å². The minimum atomic E-state index is -3.53. The summed E-state index contributed by atoms with van der Waals surface area (Å²) in [5, 5.41) is 9.93. The monoisotopic (exact) mass is 304 g/mol. The minimum absolute atomic E-state index is 0.247. The van der Waals surface area contributed by atoms with E-state index >= 15 is 0 Å². The highest BCUT2D eigenvalue weighted by atomic mass is 32.2. The Morgan fingerprint density at radius 1 is 1.00 bits per heavy atom. The summed E-state index contributed by atoms with van der Waals surface area (Å²) >= 11 is 0. The van der Waals surface area contributed by atoms with Crippen LogP contribution < -0.4 is 0 Å². The lowest BCUT2D eigenvalue weighted by molar-refractivity contribution is 0.0785. The van der Waals surface area contributed by atoms with Crippen molar-refractivity contribution in [2.45, 2.75) is 42.6 Å². The molecule has 0 heterocycles. The molecule has 2 aromatic carbocycles. The standard InChI is InChI=1S/C17H20O3S/c1-4-13-7-5-6-8-16(13)21(19,20)15-11-9-14(10-12-15)17(2,3)18/h5-12,18H,4H2,1-3H3. The zero-order chi connectivity index (χ0) is 15.7. The van der Waals surface area contributed by atoms with Gasteiger partial charge >= 0.3 is 0 Å². The van der Waals surface area contributed by atoms with Crippen molar-refractivity contribution in [3.8, 4) is 0 Å². The largest absolute Gasteiger partial charge is 0.386 e. The summed E-state index contributed by atoms with van der Waals surface area (Å²) in [7, 11) is -3.53. The third kappa shape index (κ3) is 3.17. The van der Waals surface area contributed by atoms with E-state index in [1.165, 1.54) is 0 Å². The van der Waals surface area contributed by atoms with Gasteiger partial charge in [-0.05, 0) is 49.6 Å². The van der Waals surface area contributed by atoms with E-state index in [-0.39, 0.29) is 4.90 Å². The SMILES string of the molecule is CCc1ccccc1S(=O)(=O)c1ccc(C(C)(C)O)cc1. The van der Waals surface area contributed by atoms with E-state index in [4.69, 9.17) is 0 Å². The molecule has 112 valence electrons. The van der Waals surface area contributed by atoms with E-state index in [1.807, 2.05) is 19.1 Å². The van der Waals surface area contributed by atoms with Crippen LogP contribution in [0.15, 0.2) is 58.3 Å². The highest BCUT2D eigenvalue weighted by Crippen LogP contribution is 2.27. The molecule has 0 amide bonds. The van der Waals surface area contributed by atoms with Crippen LogP contribution in [0, 0.1) is 0 Å². The topological polar surface area (TPSA) is 54.4 Å². The fourth-order valence-electron chi connectivity index (χ4n) is 2.23. The fourth-order valence-corrected chi connectivity index (χ4v) is 3.79. The van der Waals surface area contributed by atoms with E-state index in [0.29, 0.717) is 16.9 Å². The van der Waals surface area contributed by atoms with Crippen LogP contribution in [0.5, 0.6) is 0 Å². The van der Waals surface area contributed by atoms with Crippen molar-refractivity contribution in [1.82, 2.24) is 0 Å². The second-order valence-electron chi connectivity index (χ2n) is 5.55. The van der Waals surface area contributed by atoms with Gasteiger partial charge in [-0.3, -0.25) is 0 Å². The number of rotatable bonds is 4. The van der Waals surface area contributed by atoms with E-state index in [2.05, 4.69) is 0 Å². The fraction of sp³-hybridized carbons (Fsp3) is 0.294. The van der Waals surface area contributed by atoms with Gasteiger partial charge in [-0.15, -0.1) is 0 Å². The molecule has 0 saturated heterocycles. The van der Waals surface area contributed by atoms with Crippen LogP contribution in [0.2, 0.25) is 0 Å². The molecule has 0 aromatic heterocycles. The number of sulfone groups is 1. The van der Waals surface area contributed by atoms with Crippen molar-refractivity contribution < 1.29 is 13.5 Å². The lowest BCUT2D eigenvalue weighted by Crippen LogP contribution is -2.15. The average Bonchev–Trinajstić information content (AvgIpc) is 2.46. The Labute approximate surface area is 126 Å². The van der Waals surface area contributed by atoms with Gasteiger partial charge in [0.2, 0.25) is 9.84 Å². The quantitative estimate of drug-likeness (QED) is 0.943. The third-order valence-electron chi connectivity index (χ3n) is 3.51. The average molecular weight is 304 g/mol. The predicted octanol–water partition coefficient (Wildman–Crippen LogP) is 3.31. The summed E-state index contributed by atoms with van der Waals surface area (Å²) in [6.07, 6.45) is 0.664. The van der Waals surface area contributed by atoms with Crippen molar-refractivity contribution in [2.75, 3.05) is 0 Å². The van der Waals surface area contributed by atoms with Crippen LogP contribution in [0.4, 0.5) is 0 Å². The minimum Gasteiger partial charge on any atom is -0.386 e. The first-order chi connectivity index (χ1) is 9.76. The first-order valence-electron chi connectivity index (χ1n) is 6.92. The van der Waals surface area contributed by atoms with Gasteiger partial charge in [0.1, 0.15) is 0 Å². The van der Waals surface area contributed by atoms with Crippen molar-refractivity contribution in [2.24, 2.45) is 0 Å². The van der Waals surface area contributed by atoms with Gasteiger partial charge in [0, 0.05) is 0 Å². The molecule has 0 spiro atoms. The van der Waals surface area contributed by atoms with Gasteiger partial charge in [-0.1, -0.05) is 37.3 Å². The second kappa shape index (κ2) is 5.62. The number of aryl methyl sites for hydroxylation is 1. The molecule has 0 aliphatic rings. The van der Waals surface area contributed by atoms with Crippen LogP contribution >= 0.6 is 0 Å². The van der Waals surface area contributed by atoms with E-state index in [1.54, 1.807) is 50.2 Å². The molecular weight excluding hydrogens is 284 g/mol. The Hall–Kier alpha value is -1.65. The molecule has 1 N–H and O–H groups in total. The second-order valence-corrected chi connectivity index (χ2v) is 7.47. The molecule has 0 aliphatic heterocycles. The Kier molecular flexibility index (Phi) is 4.21. The van der Waals surface area contributed by atoms with Crippen molar-refractivity contribution in [3.05, 3.63) is 59.7 Å². The maximum absolute atomic E-state index is 12.7. The molecule has 3 nitrogen and oxygen atoms in total. The Morgan fingerprint density at radius 2 is 1.57 bits per heavy atom. The zero-order valence-corrected chi connectivity index (χ0v) is 13.3. The number of hydrogen-bond donors (Lipinski definition) is 1. The normalized spacial score (nSPS) is 12.4. The predicted molar refractivity (Wildman–Crippen MR) is 83.0 cm³/mol. The van der Waals surface area contributed by atoms with E-state index in [9.17, 15) is 13.5 Å². The lowest BCUT2D eigenvalue weighted by Gasteiger charge is -2.18. The summed E-state index contributed by atoms with van der Waals surface area (Å²) in [6.45, 7) is 5.28. The van der Waals surface area contributed by atoms with Crippen LogP contribution in [-0.4, -0.2) is 13.5 Å². The molecule has 4 heteroatoms. The summed E-state index contributed by atoms with van der Waals surface area (Å²) in [4.78, 5) is 0.597. The molecule has 0 unspecified atom stereocenters.